The van der Waals surface area contributed by atoms with Crippen molar-refractivity contribution in [3.05, 3.63) is 11.3 Å². The van der Waals surface area contributed by atoms with Gasteiger partial charge in [-0.2, -0.15) is 8.78 Å². The van der Waals surface area contributed by atoms with Crippen molar-refractivity contribution in [1.29, 1.82) is 0 Å². The highest BCUT2D eigenvalue weighted by molar-refractivity contribution is 5.69. The van der Waals surface area contributed by atoms with Crippen LogP contribution in [-0.2, 0) is 4.79 Å². The minimum Gasteiger partial charge on any atom is -0.480 e. The fourth-order valence-electron chi connectivity index (χ4n) is 1.88. The minimum absolute atomic E-state index is 1.11. The van der Waals surface area contributed by atoms with Crippen LogP contribution in [0.25, 0.3) is 0 Å². The van der Waals surface area contributed by atoms with Gasteiger partial charge in [0.05, 0.1) is 11.7 Å². The van der Waals surface area contributed by atoms with Gasteiger partial charge in [0.1, 0.15) is 6.54 Å². The molecule has 0 radical (unpaired) electrons. The van der Waals surface area contributed by atoms with Gasteiger partial charge in [-0.05, 0) is 0 Å². The van der Waals surface area contributed by atoms with Crippen molar-refractivity contribution in [3.8, 4) is 0 Å². The highest BCUT2D eigenvalue weighted by atomic mass is 19.3. The summed E-state index contributed by atoms with van der Waals surface area (Å²) in [6.07, 6.45) is -6.11. The van der Waals surface area contributed by atoms with E-state index in [1.807, 2.05) is 0 Å². The zero-order valence-electron chi connectivity index (χ0n) is 9.98. The van der Waals surface area contributed by atoms with Gasteiger partial charge in [-0.1, -0.05) is 0 Å². The maximum absolute atomic E-state index is 13.6. The van der Waals surface area contributed by atoms with E-state index >= 15 is 0 Å². The molecule has 0 amide bonds. The molecule has 4 N–H and O–H groups in total. The monoisotopic (exact) mass is 306 g/mol. The Morgan fingerprint density at radius 2 is 1.75 bits per heavy atom. The predicted molar refractivity (Wildman–Crippen MR) is 55.8 cm³/mol. The number of halogens is 6. The number of aliphatic carboxylic acids is 1. The van der Waals surface area contributed by atoms with Crippen LogP contribution in [0.4, 0.5) is 26.3 Å². The third-order valence-corrected chi connectivity index (χ3v) is 2.80. The maximum Gasteiger partial charge on any atom is 0.322 e. The van der Waals surface area contributed by atoms with E-state index in [-0.39, 0.29) is 0 Å². The lowest BCUT2D eigenvalue weighted by Gasteiger charge is -2.36. The molecular weight excluding hydrogens is 294 g/mol. The first-order valence-electron chi connectivity index (χ1n) is 5.49. The third kappa shape index (κ3) is 3.35. The van der Waals surface area contributed by atoms with E-state index < -0.39 is 60.9 Å². The van der Waals surface area contributed by atoms with E-state index in [0.717, 1.165) is 0 Å². The number of rotatable bonds is 5. The van der Waals surface area contributed by atoms with Crippen molar-refractivity contribution in [3.63, 3.8) is 0 Å². The number of alkyl halides is 6. The lowest BCUT2D eigenvalue weighted by Crippen LogP contribution is -2.49. The molecule has 10 heteroatoms. The summed E-state index contributed by atoms with van der Waals surface area (Å²) in [7, 11) is 0. The molecule has 1 unspecified atom stereocenters. The largest absolute Gasteiger partial charge is 0.480 e. The molecule has 0 aromatic heterocycles. The zero-order valence-corrected chi connectivity index (χ0v) is 9.98. The van der Waals surface area contributed by atoms with Crippen LogP contribution >= 0.6 is 0 Å². The van der Waals surface area contributed by atoms with E-state index in [0.29, 0.717) is 0 Å². The fourth-order valence-corrected chi connectivity index (χ4v) is 1.88. The van der Waals surface area contributed by atoms with E-state index in [9.17, 15) is 31.1 Å². The Balaban J connectivity index is 3.32. The first-order chi connectivity index (χ1) is 8.99. The molecule has 0 aromatic rings. The smallest absolute Gasteiger partial charge is 0.322 e. The number of hydrogen-bond acceptors (Lipinski definition) is 3. The highest BCUT2D eigenvalue weighted by Gasteiger charge is 2.54. The fraction of sp³-hybridized carbons (Fsp3) is 0.700. The lowest BCUT2D eigenvalue weighted by atomic mass is 9.85. The van der Waals surface area contributed by atoms with Crippen LogP contribution in [0.15, 0.2) is 11.3 Å². The second-order valence-electron chi connectivity index (χ2n) is 4.31. The van der Waals surface area contributed by atoms with Gasteiger partial charge >= 0.3 is 5.97 Å². The summed E-state index contributed by atoms with van der Waals surface area (Å²) >= 11 is 0. The van der Waals surface area contributed by atoms with Gasteiger partial charge in [0.2, 0.25) is 0 Å². The summed E-state index contributed by atoms with van der Waals surface area (Å²) < 4.78 is 79.4. The van der Waals surface area contributed by atoms with Crippen molar-refractivity contribution in [2.75, 3.05) is 6.54 Å². The Hall–Kier alpha value is -1.45. The van der Waals surface area contributed by atoms with E-state index in [4.69, 9.17) is 10.8 Å². The van der Waals surface area contributed by atoms with Crippen molar-refractivity contribution in [1.82, 2.24) is 5.32 Å². The van der Waals surface area contributed by atoms with Crippen LogP contribution in [0.5, 0.6) is 0 Å². The molecule has 4 nitrogen and oxygen atoms in total. The first kappa shape index (κ1) is 16.6. The van der Waals surface area contributed by atoms with Gasteiger partial charge < -0.3 is 16.2 Å². The van der Waals surface area contributed by atoms with Crippen LogP contribution in [-0.4, -0.2) is 41.9 Å². The molecule has 116 valence electrons. The molecule has 0 saturated heterocycles. The third-order valence-electron chi connectivity index (χ3n) is 2.80. The Labute approximate surface area is 109 Å². The predicted octanol–water partition coefficient (Wildman–Crippen LogP) is 1.57. The van der Waals surface area contributed by atoms with E-state index in [1.54, 1.807) is 5.32 Å². The van der Waals surface area contributed by atoms with Gasteiger partial charge in [0.25, 0.3) is 18.3 Å². The molecule has 20 heavy (non-hydrogen) atoms. The molecule has 1 atom stereocenters. The molecular formula is C10H12F6N2O2. The average Bonchev–Trinajstić information content (AvgIpc) is 2.29. The van der Waals surface area contributed by atoms with Gasteiger partial charge in [-0.25, -0.2) is 17.6 Å². The summed E-state index contributed by atoms with van der Waals surface area (Å²) in [5, 5.41) is 9.97. The van der Waals surface area contributed by atoms with Gasteiger partial charge in [0.15, 0.2) is 0 Å². The van der Waals surface area contributed by atoms with Crippen LogP contribution in [0, 0.1) is 0 Å². The molecule has 1 rings (SSSR count). The first-order valence-corrected chi connectivity index (χ1v) is 5.49. The zero-order chi connectivity index (χ0) is 15.7. The van der Waals surface area contributed by atoms with Gasteiger partial charge in [-0.15, -0.1) is 0 Å². The Morgan fingerprint density at radius 3 is 2.20 bits per heavy atom. The van der Waals surface area contributed by atoms with Gasteiger partial charge in [0, 0.05) is 18.4 Å². The summed E-state index contributed by atoms with van der Waals surface area (Å²) in [6, 6.07) is -2.60. The highest BCUT2D eigenvalue weighted by Crippen LogP contribution is 2.46. The van der Waals surface area contributed by atoms with Crippen LogP contribution < -0.4 is 11.1 Å². The molecule has 0 aromatic carbocycles. The van der Waals surface area contributed by atoms with Crippen molar-refractivity contribution in [2.24, 2.45) is 5.73 Å². The van der Waals surface area contributed by atoms with Crippen molar-refractivity contribution >= 4 is 5.97 Å². The molecule has 0 spiro atoms. The maximum atomic E-state index is 13.6. The van der Waals surface area contributed by atoms with Crippen LogP contribution in [0.1, 0.15) is 12.8 Å². The lowest BCUT2D eigenvalue weighted by molar-refractivity contribution is -0.136. The average molecular weight is 306 g/mol. The van der Waals surface area contributed by atoms with E-state index in [2.05, 4.69) is 0 Å². The summed E-state index contributed by atoms with van der Waals surface area (Å²) in [5.41, 5.74) is 1.72. The topological polar surface area (TPSA) is 75.3 Å². The molecule has 0 fully saturated rings. The minimum atomic E-state index is -3.95. The second-order valence-corrected chi connectivity index (χ2v) is 4.31. The summed E-state index contributed by atoms with van der Waals surface area (Å²) in [5.74, 6) is -9.41. The number of carboxylic acids is 1. The van der Waals surface area contributed by atoms with Crippen LogP contribution in [0.3, 0.4) is 0 Å². The SMILES string of the molecule is NC(C1=C(NCC(=O)O)C(F)(F)CCC1(F)F)C(F)F. The Bertz CT molecular complexity index is 424. The number of carboxylic acid groups (broad SMARTS) is 1. The Morgan fingerprint density at radius 1 is 1.25 bits per heavy atom. The number of hydrogen-bond donors (Lipinski definition) is 3. The molecule has 0 heterocycles. The van der Waals surface area contributed by atoms with Crippen molar-refractivity contribution in [2.45, 2.75) is 37.2 Å². The molecule has 1 aliphatic carbocycles. The summed E-state index contributed by atoms with van der Waals surface area (Å²) in [6.45, 7) is -1.11. The van der Waals surface area contributed by atoms with E-state index in [1.165, 1.54) is 0 Å². The Kier molecular flexibility index (Phi) is 4.57. The number of nitrogens with two attached hydrogens (primary N) is 1. The van der Waals surface area contributed by atoms with Gasteiger partial charge in [-0.3, -0.25) is 4.79 Å². The molecule has 0 saturated carbocycles. The number of carbonyl (C=O) groups is 1. The standard InChI is InChI=1S/C10H12F6N2O2/c11-8(12)6(17)5-7(18-3-4(19)20)10(15,16)2-1-9(5,13)14/h6,8,18H,1-3,17H2,(H,19,20). The van der Waals surface area contributed by atoms with Crippen LogP contribution in [0.2, 0.25) is 0 Å². The molecule has 0 aliphatic heterocycles. The number of allylic oxidation sites excluding steroid dienone is 1. The normalized spacial score (nSPS) is 22.8. The number of nitrogens with one attached hydrogen (secondary N) is 1. The summed E-state index contributed by atoms with van der Waals surface area (Å²) in [4.78, 5) is 10.3. The molecule has 1 aliphatic rings. The molecule has 0 bridgehead atoms. The van der Waals surface area contributed by atoms with Crippen molar-refractivity contribution < 1.29 is 36.2 Å². The second kappa shape index (κ2) is 5.51. The quantitative estimate of drug-likeness (QED) is 0.674.